The number of amides is 2. The molecule has 1 aliphatic carbocycles. The molecule has 1 aliphatic heterocycles. The average molecular weight is 345 g/mol. The van der Waals surface area contributed by atoms with Crippen molar-refractivity contribution in [1.29, 1.82) is 0 Å². The first-order chi connectivity index (χ1) is 12.2. The summed E-state index contributed by atoms with van der Waals surface area (Å²) in [6.45, 7) is 4.96. The lowest BCUT2D eigenvalue weighted by molar-refractivity contribution is 0.203. The quantitative estimate of drug-likeness (QED) is 0.743. The van der Waals surface area contributed by atoms with Crippen molar-refractivity contribution in [3.63, 3.8) is 0 Å². The summed E-state index contributed by atoms with van der Waals surface area (Å²) < 4.78 is 0. The zero-order valence-electron chi connectivity index (χ0n) is 15.2. The molecule has 1 unspecified atom stereocenters. The topological polar surface area (TPSA) is 64.6 Å². The van der Waals surface area contributed by atoms with Crippen LogP contribution in [0.5, 0.6) is 0 Å². The Kier molecular flexibility index (Phi) is 6.19. The number of carbonyl (C=O) groups is 1. The van der Waals surface area contributed by atoms with Crippen molar-refractivity contribution in [2.24, 2.45) is 11.8 Å². The Labute approximate surface area is 150 Å². The zero-order valence-corrected chi connectivity index (χ0v) is 15.2. The van der Waals surface area contributed by atoms with Gasteiger partial charge in [0.15, 0.2) is 0 Å². The molecule has 1 aromatic carbocycles. The molecule has 0 aromatic heterocycles. The van der Waals surface area contributed by atoms with Gasteiger partial charge in [0.1, 0.15) is 0 Å². The van der Waals surface area contributed by atoms with Crippen LogP contribution in [0, 0.1) is 11.8 Å². The Balaban J connectivity index is 1.42. The highest BCUT2D eigenvalue weighted by atomic mass is 16.3. The second kappa shape index (κ2) is 8.56. The second-order valence-electron chi connectivity index (χ2n) is 7.59. The average Bonchev–Trinajstić information content (AvgIpc) is 2.59. The summed E-state index contributed by atoms with van der Waals surface area (Å²) in [5.41, 5.74) is 2.34. The Bertz CT molecular complexity index is 549. The maximum Gasteiger partial charge on any atom is 0.315 e. The van der Waals surface area contributed by atoms with Crippen molar-refractivity contribution >= 4 is 11.7 Å². The molecule has 25 heavy (non-hydrogen) atoms. The highest BCUT2D eigenvalue weighted by Gasteiger charge is 2.24. The molecule has 2 fully saturated rings. The molecule has 1 aromatic rings. The normalized spacial score (nSPS) is 20.0. The van der Waals surface area contributed by atoms with Crippen LogP contribution in [-0.2, 0) is 6.54 Å². The summed E-state index contributed by atoms with van der Waals surface area (Å²) in [7, 11) is 0. The second-order valence-corrected chi connectivity index (χ2v) is 7.59. The van der Waals surface area contributed by atoms with Crippen LogP contribution in [0.15, 0.2) is 24.3 Å². The SMILES string of the molecule is CC(NC(=O)NCc1ccc(N2CCC(CO)CC2)cc1)C1CCC1. The molecule has 0 spiro atoms. The van der Waals surface area contributed by atoms with Crippen LogP contribution in [0.25, 0.3) is 0 Å². The van der Waals surface area contributed by atoms with E-state index in [1.54, 1.807) is 0 Å². The van der Waals surface area contributed by atoms with Crippen molar-refractivity contribution in [2.45, 2.75) is 51.6 Å². The maximum absolute atomic E-state index is 12.0. The van der Waals surface area contributed by atoms with Gasteiger partial charge in [-0.05, 0) is 62.1 Å². The highest BCUT2D eigenvalue weighted by Crippen LogP contribution is 2.29. The molecule has 5 heteroatoms. The third-order valence-corrected chi connectivity index (χ3v) is 5.84. The van der Waals surface area contributed by atoms with Gasteiger partial charge in [0, 0.05) is 38.0 Å². The van der Waals surface area contributed by atoms with Crippen molar-refractivity contribution in [3.05, 3.63) is 29.8 Å². The minimum absolute atomic E-state index is 0.0745. The van der Waals surface area contributed by atoms with E-state index in [-0.39, 0.29) is 12.1 Å². The lowest BCUT2D eigenvalue weighted by atomic mass is 9.80. The van der Waals surface area contributed by atoms with Crippen molar-refractivity contribution in [2.75, 3.05) is 24.6 Å². The fourth-order valence-electron chi connectivity index (χ4n) is 3.70. The molecule has 0 radical (unpaired) electrons. The highest BCUT2D eigenvalue weighted by molar-refractivity contribution is 5.74. The smallest absolute Gasteiger partial charge is 0.315 e. The molecule has 1 saturated heterocycles. The van der Waals surface area contributed by atoms with Gasteiger partial charge in [0.2, 0.25) is 0 Å². The van der Waals surface area contributed by atoms with Gasteiger partial charge < -0.3 is 20.6 Å². The van der Waals surface area contributed by atoms with E-state index >= 15 is 0 Å². The molecule has 1 saturated carbocycles. The monoisotopic (exact) mass is 345 g/mol. The minimum atomic E-state index is -0.0745. The third kappa shape index (κ3) is 4.88. The third-order valence-electron chi connectivity index (χ3n) is 5.84. The van der Waals surface area contributed by atoms with E-state index in [4.69, 9.17) is 0 Å². The number of carbonyl (C=O) groups excluding carboxylic acids is 1. The summed E-state index contributed by atoms with van der Waals surface area (Å²) in [5.74, 6) is 1.11. The number of hydrogen-bond donors (Lipinski definition) is 3. The number of aliphatic hydroxyl groups excluding tert-OH is 1. The van der Waals surface area contributed by atoms with E-state index in [0.717, 1.165) is 31.5 Å². The Morgan fingerprint density at radius 3 is 2.44 bits per heavy atom. The molecule has 1 atom stereocenters. The van der Waals surface area contributed by atoms with Crippen molar-refractivity contribution in [1.82, 2.24) is 10.6 Å². The number of hydrogen-bond acceptors (Lipinski definition) is 3. The summed E-state index contributed by atoms with van der Waals surface area (Å²) in [6.07, 6.45) is 5.87. The first-order valence-corrected chi connectivity index (χ1v) is 9.65. The molecular formula is C20H31N3O2. The first kappa shape index (κ1) is 18.1. The van der Waals surface area contributed by atoms with Crippen molar-refractivity contribution < 1.29 is 9.90 Å². The standard InChI is InChI=1S/C20H31N3O2/c1-15(18-3-2-4-18)22-20(25)21-13-16-5-7-19(8-6-16)23-11-9-17(14-24)10-12-23/h5-8,15,17-18,24H,2-4,9-14H2,1H3,(H2,21,22,25). The fraction of sp³-hybridized carbons (Fsp3) is 0.650. The minimum Gasteiger partial charge on any atom is -0.396 e. The number of anilines is 1. The van der Waals surface area contributed by atoms with Gasteiger partial charge in [0.05, 0.1) is 0 Å². The van der Waals surface area contributed by atoms with Gasteiger partial charge in [-0.3, -0.25) is 0 Å². The van der Waals surface area contributed by atoms with E-state index in [1.165, 1.54) is 24.9 Å². The van der Waals surface area contributed by atoms with E-state index in [9.17, 15) is 9.90 Å². The molecule has 138 valence electrons. The summed E-state index contributed by atoms with van der Waals surface area (Å²) >= 11 is 0. The van der Waals surface area contributed by atoms with Crippen molar-refractivity contribution in [3.8, 4) is 0 Å². The molecule has 2 aliphatic rings. The van der Waals surface area contributed by atoms with Crippen LogP contribution in [0.3, 0.4) is 0 Å². The molecule has 3 rings (SSSR count). The fourth-order valence-corrected chi connectivity index (χ4v) is 3.70. The number of rotatable bonds is 6. The number of aliphatic hydroxyl groups is 1. The number of benzene rings is 1. The molecule has 3 N–H and O–H groups in total. The summed E-state index contributed by atoms with van der Waals surface area (Å²) in [4.78, 5) is 14.4. The lowest BCUT2D eigenvalue weighted by Gasteiger charge is -2.33. The van der Waals surface area contributed by atoms with Gasteiger partial charge in [-0.2, -0.15) is 0 Å². The summed E-state index contributed by atoms with van der Waals surface area (Å²) in [5, 5.41) is 15.2. The van der Waals surface area contributed by atoms with Crippen LogP contribution in [0.1, 0.15) is 44.6 Å². The van der Waals surface area contributed by atoms with E-state index in [1.807, 2.05) is 0 Å². The Morgan fingerprint density at radius 1 is 1.20 bits per heavy atom. The maximum atomic E-state index is 12.0. The molecule has 5 nitrogen and oxygen atoms in total. The largest absolute Gasteiger partial charge is 0.396 e. The van der Waals surface area contributed by atoms with Gasteiger partial charge >= 0.3 is 6.03 Å². The molecule has 1 heterocycles. The van der Waals surface area contributed by atoms with E-state index < -0.39 is 0 Å². The summed E-state index contributed by atoms with van der Waals surface area (Å²) in [6, 6.07) is 8.62. The van der Waals surface area contributed by atoms with Crippen LogP contribution in [0.2, 0.25) is 0 Å². The number of urea groups is 1. The van der Waals surface area contributed by atoms with Gasteiger partial charge in [0.25, 0.3) is 0 Å². The molecular weight excluding hydrogens is 314 g/mol. The number of piperidine rings is 1. The van der Waals surface area contributed by atoms with Crippen LogP contribution in [-0.4, -0.2) is 36.9 Å². The van der Waals surface area contributed by atoms with Crippen LogP contribution >= 0.6 is 0 Å². The zero-order chi connectivity index (χ0) is 17.6. The van der Waals surface area contributed by atoms with Crippen LogP contribution < -0.4 is 15.5 Å². The van der Waals surface area contributed by atoms with Crippen LogP contribution in [0.4, 0.5) is 10.5 Å². The van der Waals surface area contributed by atoms with E-state index in [2.05, 4.69) is 46.7 Å². The van der Waals surface area contributed by atoms with Gasteiger partial charge in [-0.1, -0.05) is 18.6 Å². The first-order valence-electron chi connectivity index (χ1n) is 9.65. The van der Waals surface area contributed by atoms with E-state index in [0.29, 0.717) is 25.0 Å². The molecule has 0 bridgehead atoms. The molecule has 2 amide bonds. The Hall–Kier alpha value is -1.75. The van der Waals surface area contributed by atoms with Gasteiger partial charge in [-0.15, -0.1) is 0 Å². The number of nitrogens with one attached hydrogen (secondary N) is 2. The Morgan fingerprint density at radius 2 is 1.88 bits per heavy atom. The van der Waals surface area contributed by atoms with Gasteiger partial charge in [-0.25, -0.2) is 4.79 Å². The predicted octanol–water partition coefficient (Wildman–Crippen LogP) is 2.88. The lowest BCUT2D eigenvalue weighted by Crippen LogP contribution is -2.45. The number of nitrogens with zero attached hydrogens (tertiary/aromatic N) is 1. The predicted molar refractivity (Wildman–Crippen MR) is 101 cm³/mol.